The van der Waals surface area contributed by atoms with Gasteiger partial charge in [0.25, 0.3) is 0 Å². The van der Waals surface area contributed by atoms with Crippen LogP contribution in [0.4, 0.5) is 0 Å². The molecule has 0 heterocycles. The fourth-order valence-electron chi connectivity index (χ4n) is 3.28. The third kappa shape index (κ3) is 3.12. The fourth-order valence-corrected chi connectivity index (χ4v) is 3.50. The molecule has 0 unspecified atom stereocenters. The van der Waals surface area contributed by atoms with E-state index < -0.39 is 0 Å². The van der Waals surface area contributed by atoms with Crippen LogP contribution in [0.3, 0.4) is 0 Å². The van der Waals surface area contributed by atoms with Gasteiger partial charge in [0, 0.05) is 10.6 Å². The van der Waals surface area contributed by atoms with E-state index in [1.807, 2.05) is 12.1 Å². The smallest absolute Gasteiger partial charge is 0.121 e. The SMILES string of the molecule is NC1(c2cc(Cl)cc(OCC3CCC3)c2)CCCCC1. The largest absolute Gasteiger partial charge is 0.493 e. The maximum Gasteiger partial charge on any atom is 0.121 e. The van der Waals surface area contributed by atoms with E-state index in [4.69, 9.17) is 22.1 Å². The van der Waals surface area contributed by atoms with Crippen LogP contribution < -0.4 is 10.5 Å². The molecule has 0 aliphatic heterocycles. The summed E-state index contributed by atoms with van der Waals surface area (Å²) < 4.78 is 5.93. The predicted octanol–water partition coefficient (Wildman–Crippen LogP) is 4.64. The zero-order chi connectivity index (χ0) is 14.0. The molecule has 3 heteroatoms. The lowest BCUT2D eigenvalue weighted by Crippen LogP contribution is -2.38. The van der Waals surface area contributed by atoms with Crippen molar-refractivity contribution in [2.24, 2.45) is 11.7 Å². The van der Waals surface area contributed by atoms with Gasteiger partial charge in [-0.2, -0.15) is 0 Å². The highest BCUT2D eigenvalue weighted by Gasteiger charge is 2.30. The lowest BCUT2D eigenvalue weighted by Gasteiger charge is -2.34. The minimum absolute atomic E-state index is 0.211. The Labute approximate surface area is 126 Å². The third-order valence-electron chi connectivity index (χ3n) is 4.90. The molecule has 0 spiro atoms. The minimum atomic E-state index is -0.211. The molecule has 2 fully saturated rings. The Balaban J connectivity index is 1.74. The summed E-state index contributed by atoms with van der Waals surface area (Å²) in [6.45, 7) is 0.817. The molecular weight excluding hydrogens is 270 g/mol. The van der Waals surface area contributed by atoms with Crippen LogP contribution in [-0.2, 0) is 5.54 Å². The number of hydrogen-bond donors (Lipinski definition) is 1. The second kappa shape index (κ2) is 5.95. The average molecular weight is 294 g/mol. The molecule has 2 saturated carbocycles. The van der Waals surface area contributed by atoms with Crippen molar-refractivity contribution >= 4 is 11.6 Å². The van der Waals surface area contributed by atoms with Gasteiger partial charge in [0.05, 0.1) is 6.61 Å². The molecule has 110 valence electrons. The monoisotopic (exact) mass is 293 g/mol. The van der Waals surface area contributed by atoms with E-state index in [2.05, 4.69) is 6.07 Å². The first kappa shape index (κ1) is 14.2. The van der Waals surface area contributed by atoms with E-state index in [0.29, 0.717) is 0 Å². The maximum atomic E-state index is 6.60. The van der Waals surface area contributed by atoms with E-state index >= 15 is 0 Å². The third-order valence-corrected chi connectivity index (χ3v) is 5.12. The van der Waals surface area contributed by atoms with Crippen LogP contribution in [0, 0.1) is 5.92 Å². The Kier molecular flexibility index (Phi) is 4.23. The van der Waals surface area contributed by atoms with E-state index in [9.17, 15) is 0 Å². The van der Waals surface area contributed by atoms with Crippen molar-refractivity contribution in [1.29, 1.82) is 0 Å². The van der Waals surface area contributed by atoms with E-state index in [1.165, 1.54) is 38.5 Å². The summed E-state index contributed by atoms with van der Waals surface area (Å²) >= 11 is 6.26. The normalized spacial score (nSPS) is 22.3. The lowest BCUT2D eigenvalue weighted by atomic mass is 9.77. The van der Waals surface area contributed by atoms with Gasteiger partial charge in [0.2, 0.25) is 0 Å². The zero-order valence-electron chi connectivity index (χ0n) is 12.0. The first-order valence-electron chi connectivity index (χ1n) is 7.88. The number of ether oxygens (including phenoxy) is 1. The van der Waals surface area contributed by atoms with Crippen LogP contribution in [0.15, 0.2) is 18.2 Å². The molecule has 1 aromatic carbocycles. The number of rotatable bonds is 4. The van der Waals surface area contributed by atoms with E-state index in [1.54, 1.807) is 0 Å². The van der Waals surface area contributed by atoms with Crippen LogP contribution in [0.2, 0.25) is 5.02 Å². The summed E-state index contributed by atoms with van der Waals surface area (Å²) in [5, 5.41) is 0.738. The van der Waals surface area contributed by atoms with Crippen molar-refractivity contribution in [3.8, 4) is 5.75 Å². The molecule has 3 rings (SSSR count). The van der Waals surface area contributed by atoms with Gasteiger partial charge >= 0.3 is 0 Å². The van der Waals surface area contributed by atoms with Crippen molar-refractivity contribution in [2.45, 2.75) is 56.9 Å². The number of hydrogen-bond acceptors (Lipinski definition) is 2. The molecule has 2 aliphatic rings. The van der Waals surface area contributed by atoms with Gasteiger partial charge in [0.15, 0.2) is 0 Å². The number of halogens is 1. The van der Waals surface area contributed by atoms with Crippen molar-refractivity contribution in [2.75, 3.05) is 6.61 Å². The average Bonchev–Trinajstić information content (AvgIpc) is 2.37. The highest BCUT2D eigenvalue weighted by atomic mass is 35.5. The number of benzene rings is 1. The molecule has 2 aliphatic carbocycles. The summed E-state index contributed by atoms with van der Waals surface area (Å²) in [6.07, 6.45) is 9.77. The highest BCUT2D eigenvalue weighted by molar-refractivity contribution is 6.30. The lowest BCUT2D eigenvalue weighted by molar-refractivity contribution is 0.180. The zero-order valence-corrected chi connectivity index (χ0v) is 12.8. The predicted molar refractivity (Wildman–Crippen MR) is 83.2 cm³/mol. The summed E-state index contributed by atoms with van der Waals surface area (Å²) in [6, 6.07) is 6.04. The van der Waals surface area contributed by atoms with Gasteiger partial charge in [-0.15, -0.1) is 0 Å². The molecule has 0 aromatic heterocycles. The first-order chi connectivity index (χ1) is 9.66. The molecule has 0 atom stereocenters. The van der Waals surface area contributed by atoms with Crippen LogP contribution in [-0.4, -0.2) is 6.61 Å². The Morgan fingerprint density at radius 2 is 1.85 bits per heavy atom. The Hall–Kier alpha value is -0.730. The molecule has 0 bridgehead atoms. The minimum Gasteiger partial charge on any atom is -0.493 e. The van der Waals surface area contributed by atoms with Gasteiger partial charge in [-0.25, -0.2) is 0 Å². The molecule has 0 radical (unpaired) electrons. The molecular formula is C17H24ClNO. The topological polar surface area (TPSA) is 35.2 Å². The Morgan fingerprint density at radius 1 is 1.10 bits per heavy atom. The molecule has 0 amide bonds. The molecule has 1 aromatic rings. The second-order valence-electron chi connectivity index (χ2n) is 6.50. The first-order valence-corrected chi connectivity index (χ1v) is 8.26. The van der Waals surface area contributed by atoms with Crippen molar-refractivity contribution in [3.63, 3.8) is 0 Å². The standard InChI is InChI=1S/C17H24ClNO/c18-15-9-14(17(19)7-2-1-3-8-17)10-16(11-15)20-12-13-5-4-6-13/h9-11,13H,1-8,12,19H2. The number of nitrogens with two attached hydrogens (primary N) is 1. The van der Waals surface area contributed by atoms with E-state index in [-0.39, 0.29) is 5.54 Å². The Morgan fingerprint density at radius 3 is 2.50 bits per heavy atom. The van der Waals surface area contributed by atoms with Crippen LogP contribution in [0.5, 0.6) is 5.75 Å². The summed E-state index contributed by atoms with van der Waals surface area (Å²) in [7, 11) is 0. The van der Waals surface area contributed by atoms with Crippen molar-refractivity contribution in [1.82, 2.24) is 0 Å². The summed E-state index contributed by atoms with van der Waals surface area (Å²) in [5.41, 5.74) is 7.53. The van der Waals surface area contributed by atoms with E-state index in [0.717, 1.165) is 41.7 Å². The molecule has 20 heavy (non-hydrogen) atoms. The van der Waals surface area contributed by atoms with Gasteiger partial charge in [0.1, 0.15) is 5.75 Å². The molecule has 0 saturated heterocycles. The maximum absolute atomic E-state index is 6.60. The van der Waals surface area contributed by atoms with Gasteiger partial charge in [-0.3, -0.25) is 0 Å². The quantitative estimate of drug-likeness (QED) is 0.878. The highest BCUT2D eigenvalue weighted by Crippen LogP contribution is 2.37. The second-order valence-corrected chi connectivity index (χ2v) is 6.94. The van der Waals surface area contributed by atoms with Crippen LogP contribution >= 0.6 is 11.6 Å². The summed E-state index contributed by atoms with van der Waals surface area (Å²) in [4.78, 5) is 0. The van der Waals surface area contributed by atoms with Gasteiger partial charge in [-0.05, 0) is 55.4 Å². The molecule has 2 nitrogen and oxygen atoms in total. The van der Waals surface area contributed by atoms with Gasteiger partial charge < -0.3 is 10.5 Å². The van der Waals surface area contributed by atoms with Gasteiger partial charge in [-0.1, -0.05) is 37.3 Å². The van der Waals surface area contributed by atoms with Crippen LogP contribution in [0.25, 0.3) is 0 Å². The van der Waals surface area contributed by atoms with Crippen molar-refractivity contribution in [3.05, 3.63) is 28.8 Å². The Bertz CT molecular complexity index is 464. The molecule has 2 N–H and O–H groups in total. The van der Waals surface area contributed by atoms with Crippen LogP contribution in [0.1, 0.15) is 56.9 Å². The fraction of sp³-hybridized carbons (Fsp3) is 0.647. The van der Waals surface area contributed by atoms with Crippen molar-refractivity contribution < 1.29 is 4.74 Å². The summed E-state index contributed by atoms with van der Waals surface area (Å²) in [5.74, 6) is 1.62.